The number of hydrogen-bond acceptors (Lipinski definition) is 5. The van der Waals surface area contributed by atoms with Gasteiger partial charge in [0.15, 0.2) is 0 Å². The number of aromatic nitrogens is 1. The lowest BCUT2D eigenvalue weighted by molar-refractivity contribution is -0.124. The minimum Gasteiger partial charge on any atom is -0.354 e. The van der Waals surface area contributed by atoms with Crippen molar-refractivity contribution in [1.82, 2.24) is 20.5 Å². The Morgan fingerprint density at radius 1 is 1.04 bits per heavy atom. The molecule has 1 aromatic carbocycles. The maximum atomic E-state index is 12.4. The lowest BCUT2D eigenvalue weighted by atomic mass is 10.2. The monoisotopic (exact) mass is 367 g/mol. The topological polar surface area (TPSA) is 77.6 Å². The van der Waals surface area contributed by atoms with Crippen LogP contribution in [0.1, 0.15) is 12.5 Å². The summed E-state index contributed by atoms with van der Waals surface area (Å²) in [5.41, 5.74) is 0.985. The van der Waals surface area contributed by atoms with Crippen molar-refractivity contribution >= 4 is 17.8 Å². The van der Waals surface area contributed by atoms with Gasteiger partial charge in [0, 0.05) is 38.9 Å². The van der Waals surface area contributed by atoms with Gasteiger partial charge < -0.3 is 10.2 Å². The van der Waals surface area contributed by atoms with Crippen LogP contribution < -0.4 is 15.5 Å². The van der Waals surface area contributed by atoms with Gasteiger partial charge in [0.25, 0.3) is 0 Å². The molecule has 1 fully saturated rings. The number of benzene rings is 1. The van der Waals surface area contributed by atoms with Gasteiger partial charge >= 0.3 is 6.03 Å². The van der Waals surface area contributed by atoms with Crippen LogP contribution in [-0.4, -0.2) is 54.0 Å². The fourth-order valence-corrected chi connectivity index (χ4v) is 3.08. The highest BCUT2D eigenvalue weighted by molar-refractivity contribution is 5.96. The second-order valence-corrected chi connectivity index (χ2v) is 6.54. The van der Waals surface area contributed by atoms with E-state index < -0.39 is 6.03 Å². The SMILES string of the molecule is CC(C(=O)NC(=O)NCc1ccccc1)N1CCN(c2ccccn2)CC1. The summed E-state index contributed by atoms with van der Waals surface area (Å²) in [5, 5.41) is 5.14. The van der Waals surface area contributed by atoms with Crippen LogP contribution >= 0.6 is 0 Å². The van der Waals surface area contributed by atoms with Crippen LogP contribution in [0.4, 0.5) is 10.6 Å². The van der Waals surface area contributed by atoms with Gasteiger partial charge in [0.05, 0.1) is 6.04 Å². The molecule has 7 heteroatoms. The molecule has 3 amide bonds. The molecule has 2 aromatic rings. The number of urea groups is 1. The first-order chi connectivity index (χ1) is 13.1. The second-order valence-electron chi connectivity index (χ2n) is 6.54. The largest absolute Gasteiger partial charge is 0.354 e. The Hall–Kier alpha value is -2.93. The minimum absolute atomic E-state index is 0.285. The molecule has 0 aliphatic carbocycles. The van der Waals surface area contributed by atoms with Crippen molar-refractivity contribution in [2.24, 2.45) is 0 Å². The normalized spacial score (nSPS) is 15.8. The van der Waals surface area contributed by atoms with Gasteiger partial charge in [-0.2, -0.15) is 0 Å². The molecular weight excluding hydrogens is 342 g/mol. The summed E-state index contributed by atoms with van der Waals surface area (Å²) < 4.78 is 0. The molecule has 1 aliphatic rings. The number of imide groups is 1. The Balaban J connectivity index is 1.43. The van der Waals surface area contributed by atoms with E-state index >= 15 is 0 Å². The first-order valence-electron chi connectivity index (χ1n) is 9.16. The molecule has 0 saturated carbocycles. The third kappa shape index (κ3) is 5.27. The van der Waals surface area contributed by atoms with Crippen molar-refractivity contribution in [3.63, 3.8) is 0 Å². The number of pyridine rings is 1. The van der Waals surface area contributed by atoms with Gasteiger partial charge in [-0.1, -0.05) is 36.4 Å². The lowest BCUT2D eigenvalue weighted by Crippen LogP contribution is -2.55. The highest BCUT2D eigenvalue weighted by atomic mass is 16.2. The average molecular weight is 367 g/mol. The summed E-state index contributed by atoms with van der Waals surface area (Å²) in [6, 6.07) is 14.6. The predicted molar refractivity (Wildman–Crippen MR) is 104 cm³/mol. The van der Waals surface area contributed by atoms with Gasteiger partial charge in [-0.15, -0.1) is 0 Å². The van der Waals surface area contributed by atoms with Crippen molar-refractivity contribution in [3.05, 3.63) is 60.3 Å². The smallest absolute Gasteiger partial charge is 0.321 e. The number of anilines is 1. The van der Waals surface area contributed by atoms with Crippen LogP contribution in [0.2, 0.25) is 0 Å². The van der Waals surface area contributed by atoms with Crippen LogP contribution in [-0.2, 0) is 11.3 Å². The molecule has 2 heterocycles. The number of carbonyl (C=O) groups is 2. The Morgan fingerprint density at radius 2 is 1.74 bits per heavy atom. The highest BCUT2D eigenvalue weighted by Gasteiger charge is 2.26. The Bertz CT molecular complexity index is 745. The van der Waals surface area contributed by atoms with Crippen LogP contribution in [0.3, 0.4) is 0 Å². The molecule has 1 aliphatic heterocycles. The van der Waals surface area contributed by atoms with Crippen LogP contribution in [0.15, 0.2) is 54.7 Å². The lowest BCUT2D eigenvalue weighted by Gasteiger charge is -2.37. The van der Waals surface area contributed by atoms with E-state index in [4.69, 9.17) is 0 Å². The molecule has 0 bridgehead atoms. The number of piperazine rings is 1. The standard InChI is InChI=1S/C20H25N5O2/c1-16(19(26)23-20(27)22-15-17-7-3-2-4-8-17)24-11-13-25(14-12-24)18-9-5-6-10-21-18/h2-10,16H,11-15H2,1H3,(H2,22,23,26,27). The van der Waals surface area contributed by atoms with E-state index in [-0.39, 0.29) is 11.9 Å². The zero-order valence-corrected chi connectivity index (χ0v) is 15.5. The van der Waals surface area contributed by atoms with E-state index in [2.05, 4.69) is 25.4 Å². The summed E-state index contributed by atoms with van der Waals surface area (Å²) in [4.78, 5) is 33.0. The number of hydrogen-bond donors (Lipinski definition) is 2. The summed E-state index contributed by atoms with van der Waals surface area (Å²) in [6.07, 6.45) is 1.78. The molecule has 1 atom stereocenters. The van der Waals surface area contributed by atoms with Crippen molar-refractivity contribution in [2.45, 2.75) is 19.5 Å². The fraction of sp³-hybridized carbons (Fsp3) is 0.350. The van der Waals surface area contributed by atoms with Crippen LogP contribution in [0.5, 0.6) is 0 Å². The van der Waals surface area contributed by atoms with Crippen molar-refractivity contribution in [3.8, 4) is 0 Å². The van der Waals surface area contributed by atoms with Gasteiger partial charge in [-0.05, 0) is 24.6 Å². The molecule has 1 aromatic heterocycles. The number of nitrogens with one attached hydrogen (secondary N) is 2. The van der Waals surface area contributed by atoms with E-state index in [1.165, 1.54) is 0 Å². The van der Waals surface area contributed by atoms with Crippen molar-refractivity contribution < 1.29 is 9.59 Å². The molecule has 1 unspecified atom stereocenters. The maximum Gasteiger partial charge on any atom is 0.321 e. The molecule has 2 N–H and O–H groups in total. The fourth-order valence-electron chi connectivity index (χ4n) is 3.08. The molecule has 27 heavy (non-hydrogen) atoms. The second kappa shape index (κ2) is 9.14. The van der Waals surface area contributed by atoms with Crippen molar-refractivity contribution in [2.75, 3.05) is 31.1 Å². The average Bonchev–Trinajstić information content (AvgIpc) is 2.73. The molecule has 7 nitrogen and oxygen atoms in total. The zero-order valence-electron chi connectivity index (χ0n) is 15.5. The maximum absolute atomic E-state index is 12.4. The third-order valence-electron chi connectivity index (χ3n) is 4.75. The molecule has 1 saturated heterocycles. The zero-order chi connectivity index (χ0) is 19.1. The van der Waals surface area contributed by atoms with Gasteiger partial charge in [0.2, 0.25) is 5.91 Å². The Kier molecular flexibility index (Phi) is 6.38. The van der Waals surface area contributed by atoms with E-state index in [1.54, 1.807) is 6.20 Å². The van der Waals surface area contributed by atoms with Crippen LogP contribution in [0, 0.1) is 0 Å². The quantitative estimate of drug-likeness (QED) is 0.840. The van der Waals surface area contributed by atoms with E-state index in [9.17, 15) is 9.59 Å². The number of rotatable bonds is 5. The van der Waals surface area contributed by atoms with Crippen molar-refractivity contribution in [1.29, 1.82) is 0 Å². The Morgan fingerprint density at radius 3 is 2.41 bits per heavy atom. The molecule has 0 spiro atoms. The summed E-state index contributed by atoms with van der Waals surface area (Å²) in [5.74, 6) is 0.668. The first kappa shape index (κ1) is 18.8. The van der Waals surface area contributed by atoms with Gasteiger partial charge in [-0.3, -0.25) is 15.0 Å². The molecule has 0 radical (unpaired) electrons. The predicted octanol–water partition coefficient (Wildman–Crippen LogP) is 1.62. The summed E-state index contributed by atoms with van der Waals surface area (Å²) in [6.45, 7) is 5.31. The van der Waals surface area contributed by atoms with Crippen LogP contribution in [0.25, 0.3) is 0 Å². The summed E-state index contributed by atoms with van der Waals surface area (Å²) >= 11 is 0. The van der Waals surface area contributed by atoms with E-state index in [1.807, 2.05) is 55.5 Å². The third-order valence-corrected chi connectivity index (χ3v) is 4.75. The first-order valence-corrected chi connectivity index (χ1v) is 9.16. The van der Waals surface area contributed by atoms with E-state index in [0.29, 0.717) is 6.54 Å². The van der Waals surface area contributed by atoms with Gasteiger partial charge in [0.1, 0.15) is 5.82 Å². The highest BCUT2D eigenvalue weighted by Crippen LogP contribution is 2.14. The molecule has 3 rings (SSSR count). The number of carbonyl (C=O) groups excluding carboxylic acids is 2. The minimum atomic E-state index is -0.470. The van der Waals surface area contributed by atoms with Gasteiger partial charge in [-0.25, -0.2) is 9.78 Å². The summed E-state index contributed by atoms with van der Waals surface area (Å²) in [7, 11) is 0. The van der Waals surface area contributed by atoms with E-state index in [0.717, 1.165) is 37.6 Å². The number of amides is 3. The Labute approximate surface area is 159 Å². The molecule has 142 valence electrons. The number of nitrogens with zero attached hydrogens (tertiary/aromatic N) is 3. The molecular formula is C20H25N5O2.